The summed E-state index contributed by atoms with van der Waals surface area (Å²) in [5, 5.41) is 13.3. The van der Waals surface area contributed by atoms with E-state index in [2.05, 4.69) is 10.5 Å². The molecule has 0 unspecified atom stereocenters. The lowest BCUT2D eigenvalue weighted by atomic mass is 10.1. The van der Waals surface area contributed by atoms with E-state index in [0.717, 1.165) is 5.56 Å². The Morgan fingerprint density at radius 2 is 1.59 bits per heavy atom. The van der Waals surface area contributed by atoms with E-state index >= 15 is 0 Å². The van der Waals surface area contributed by atoms with Crippen molar-refractivity contribution in [3.63, 3.8) is 0 Å². The molecule has 0 atom stereocenters. The Balaban J connectivity index is 1.71. The van der Waals surface area contributed by atoms with Gasteiger partial charge in [-0.15, -0.1) is 0 Å². The zero-order valence-electron chi connectivity index (χ0n) is 20.6. The molecule has 0 saturated carbocycles. The number of benzene rings is 3. The number of hydrazone groups is 1. The number of hydrogen-bond donors (Lipinski definition) is 2. The molecule has 0 saturated heterocycles. The van der Waals surface area contributed by atoms with Crippen molar-refractivity contribution in [2.24, 2.45) is 5.10 Å². The quantitative estimate of drug-likeness (QED) is 0.246. The Bertz CT molecular complexity index is 1280. The van der Waals surface area contributed by atoms with Crippen LogP contribution in [0.1, 0.15) is 45.7 Å². The summed E-state index contributed by atoms with van der Waals surface area (Å²) in [6.07, 6.45) is 1.44. The van der Waals surface area contributed by atoms with Gasteiger partial charge in [-0.2, -0.15) is 5.10 Å². The Morgan fingerprint density at radius 3 is 2.24 bits per heavy atom. The number of methoxy groups -OCH3 is 1. The number of halogens is 1. The van der Waals surface area contributed by atoms with Crippen LogP contribution in [-0.4, -0.2) is 43.5 Å². The Hall–Kier alpha value is -4.24. The Labute approximate surface area is 219 Å². The van der Waals surface area contributed by atoms with Gasteiger partial charge < -0.3 is 24.1 Å². The number of aromatic carboxylic acids is 1. The zero-order valence-corrected chi connectivity index (χ0v) is 21.4. The molecule has 2 N–H and O–H groups in total. The molecule has 3 rings (SSSR count). The summed E-state index contributed by atoms with van der Waals surface area (Å²) in [6.45, 7) is 4.63. The predicted molar refractivity (Wildman–Crippen MR) is 140 cm³/mol. The third kappa shape index (κ3) is 7.37. The highest BCUT2D eigenvalue weighted by Crippen LogP contribution is 2.37. The van der Waals surface area contributed by atoms with Crippen LogP contribution in [0.4, 0.5) is 0 Å². The molecule has 0 aromatic heterocycles. The molecule has 1 amide bonds. The van der Waals surface area contributed by atoms with Gasteiger partial charge in [-0.05, 0) is 67.4 Å². The van der Waals surface area contributed by atoms with Crippen LogP contribution in [0.2, 0.25) is 5.02 Å². The van der Waals surface area contributed by atoms with Crippen molar-refractivity contribution in [2.45, 2.75) is 20.5 Å². The summed E-state index contributed by atoms with van der Waals surface area (Å²) < 4.78 is 22.3. The molecule has 0 bridgehead atoms. The first-order valence-corrected chi connectivity index (χ1v) is 11.8. The standard InChI is InChI=1S/C27H27ClN2O7/c1-4-35-23-14-20(10-11-22(23)34-3)26(31)30-29-15-18-12-21(28)25(24(13-18)36-5-2)37-16-17-6-8-19(9-7-17)27(32)33/h6-15H,4-5,16H2,1-3H3,(H,30,31)(H,32,33)/b29-15+. The Kier molecular flexibility index (Phi) is 9.74. The number of carbonyl (C=O) groups is 2. The van der Waals surface area contributed by atoms with E-state index < -0.39 is 11.9 Å². The molecule has 0 aliphatic heterocycles. The summed E-state index contributed by atoms with van der Waals surface area (Å²) >= 11 is 6.46. The first-order chi connectivity index (χ1) is 17.9. The van der Waals surface area contributed by atoms with E-state index in [4.69, 9.17) is 35.7 Å². The van der Waals surface area contributed by atoms with Crippen molar-refractivity contribution in [1.82, 2.24) is 5.43 Å². The molecule has 0 aliphatic rings. The maximum atomic E-state index is 12.5. The number of rotatable bonds is 12. The van der Waals surface area contributed by atoms with E-state index in [1.54, 1.807) is 42.5 Å². The average molecular weight is 527 g/mol. The van der Waals surface area contributed by atoms with Crippen LogP contribution in [0.3, 0.4) is 0 Å². The molecule has 0 heterocycles. The molecule has 0 fully saturated rings. The number of nitrogens with zero attached hydrogens (tertiary/aromatic N) is 1. The molecule has 9 nitrogen and oxygen atoms in total. The number of amides is 1. The fourth-order valence-corrected chi connectivity index (χ4v) is 3.55. The van der Waals surface area contributed by atoms with Gasteiger partial charge in [0.05, 0.1) is 37.1 Å². The van der Waals surface area contributed by atoms with Crippen LogP contribution in [0.15, 0.2) is 59.7 Å². The summed E-state index contributed by atoms with van der Waals surface area (Å²) in [6, 6.07) is 14.5. The lowest BCUT2D eigenvalue weighted by Crippen LogP contribution is -2.17. The number of carboxylic acids is 1. The normalized spacial score (nSPS) is 10.7. The second-order valence-corrected chi connectivity index (χ2v) is 7.96. The van der Waals surface area contributed by atoms with Gasteiger partial charge in [-0.3, -0.25) is 4.79 Å². The van der Waals surface area contributed by atoms with Crippen LogP contribution in [-0.2, 0) is 6.61 Å². The van der Waals surface area contributed by atoms with Gasteiger partial charge in [-0.1, -0.05) is 23.7 Å². The van der Waals surface area contributed by atoms with Crippen LogP contribution >= 0.6 is 11.6 Å². The van der Waals surface area contributed by atoms with Gasteiger partial charge >= 0.3 is 5.97 Å². The van der Waals surface area contributed by atoms with Crippen molar-refractivity contribution in [3.05, 3.63) is 81.9 Å². The van der Waals surface area contributed by atoms with Crippen molar-refractivity contribution in [2.75, 3.05) is 20.3 Å². The van der Waals surface area contributed by atoms with Crippen LogP contribution in [0, 0.1) is 0 Å². The molecule has 0 aliphatic carbocycles. The summed E-state index contributed by atoms with van der Waals surface area (Å²) in [4.78, 5) is 23.6. The van der Waals surface area contributed by atoms with Crippen molar-refractivity contribution in [3.8, 4) is 23.0 Å². The zero-order chi connectivity index (χ0) is 26.8. The lowest BCUT2D eigenvalue weighted by molar-refractivity contribution is 0.0696. The maximum Gasteiger partial charge on any atom is 0.335 e. The van der Waals surface area contributed by atoms with Gasteiger partial charge in [0.15, 0.2) is 23.0 Å². The van der Waals surface area contributed by atoms with Crippen molar-refractivity contribution in [1.29, 1.82) is 0 Å². The number of hydrogen-bond acceptors (Lipinski definition) is 7. The minimum absolute atomic E-state index is 0.161. The first kappa shape index (κ1) is 27.3. The SMILES string of the molecule is CCOc1cc(C(=O)N/N=C/c2cc(Cl)c(OCc3ccc(C(=O)O)cc3)c(OCC)c2)ccc1OC. The molecular formula is C27H27ClN2O7. The minimum Gasteiger partial charge on any atom is -0.493 e. The van der Waals surface area contributed by atoms with Gasteiger partial charge in [-0.25, -0.2) is 10.2 Å². The van der Waals surface area contributed by atoms with Crippen LogP contribution in [0.5, 0.6) is 23.0 Å². The first-order valence-electron chi connectivity index (χ1n) is 11.4. The fraction of sp³-hybridized carbons (Fsp3) is 0.222. The second kappa shape index (κ2) is 13.2. The highest BCUT2D eigenvalue weighted by Gasteiger charge is 2.14. The molecule has 3 aromatic rings. The van der Waals surface area contributed by atoms with Crippen LogP contribution < -0.4 is 24.4 Å². The van der Waals surface area contributed by atoms with E-state index in [0.29, 0.717) is 47.3 Å². The topological polar surface area (TPSA) is 116 Å². The largest absolute Gasteiger partial charge is 0.493 e. The maximum absolute atomic E-state index is 12.5. The van der Waals surface area contributed by atoms with Gasteiger partial charge in [0.2, 0.25) is 0 Å². The molecule has 194 valence electrons. The number of nitrogens with one attached hydrogen (secondary N) is 1. The van der Waals surface area contributed by atoms with Gasteiger partial charge in [0.1, 0.15) is 6.61 Å². The molecule has 10 heteroatoms. The fourth-order valence-electron chi connectivity index (χ4n) is 3.28. The summed E-state index contributed by atoms with van der Waals surface area (Å²) in [5.41, 5.74) is 4.37. The smallest absolute Gasteiger partial charge is 0.335 e. The predicted octanol–water partition coefficient (Wildman–Crippen LogP) is 5.19. The van der Waals surface area contributed by atoms with E-state index in [1.165, 1.54) is 25.5 Å². The van der Waals surface area contributed by atoms with Gasteiger partial charge in [0.25, 0.3) is 5.91 Å². The van der Waals surface area contributed by atoms with E-state index in [-0.39, 0.29) is 17.2 Å². The second-order valence-electron chi connectivity index (χ2n) is 7.55. The Morgan fingerprint density at radius 1 is 0.919 bits per heavy atom. The van der Waals surface area contributed by atoms with Crippen molar-refractivity contribution < 1.29 is 33.6 Å². The number of carboxylic acid groups (broad SMARTS) is 1. The van der Waals surface area contributed by atoms with E-state index in [9.17, 15) is 9.59 Å². The molecule has 0 spiro atoms. The van der Waals surface area contributed by atoms with Crippen molar-refractivity contribution >= 4 is 29.7 Å². The monoisotopic (exact) mass is 526 g/mol. The lowest BCUT2D eigenvalue weighted by Gasteiger charge is -2.14. The highest BCUT2D eigenvalue weighted by atomic mass is 35.5. The third-order valence-corrected chi connectivity index (χ3v) is 5.30. The van der Waals surface area contributed by atoms with Gasteiger partial charge in [0, 0.05) is 5.56 Å². The summed E-state index contributed by atoms with van der Waals surface area (Å²) in [5.74, 6) is 0.310. The third-order valence-electron chi connectivity index (χ3n) is 5.02. The van der Waals surface area contributed by atoms with E-state index in [1.807, 2.05) is 13.8 Å². The number of carbonyl (C=O) groups excluding carboxylic acids is 1. The minimum atomic E-state index is -0.998. The summed E-state index contributed by atoms with van der Waals surface area (Å²) in [7, 11) is 1.53. The molecule has 3 aromatic carbocycles. The molecule has 37 heavy (non-hydrogen) atoms. The van der Waals surface area contributed by atoms with Crippen LogP contribution in [0.25, 0.3) is 0 Å². The number of ether oxygens (including phenoxy) is 4. The average Bonchev–Trinajstić information content (AvgIpc) is 2.88. The molecular weight excluding hydrogens is 500 g/mol. The highest BCUT2D eigenvalue weighted by molar-refractivity contribution is 6.32. The molecule has 0 radical (unpaired) electrons.